The molecule has 1 fully saturated rings. The van der Waals surface area contributed by atoms with E-state index >= 15 is 0 Å². The number of halogens is 2. The van der Waals surface area contributed by atoms with E-state index in [1.165, 1.54) is 11.8 Å². The number of amides is 1. The number of benzene rings is 1. The van der Waals surface area contributed by atoms with Gasteiger partial charge in [0.1, 0.15) is 11.6 Å². The van der Waals surface area contributed by atoms with E-state index in [0.29, 0.717) is 19.5 Å². The van der Waals surface area contributed by atoms with Gasteiger partial charge in [-0.3, -0.25) is 9.59 Å². The number of piperidine rings is 1. The van der Waals surface area contributed by atoms with Crippen LogP contribution in [0.2, 0.25) is 0 Å². The Bertz CT molecular complexity index is 811. The second-order valence-electron chi connectivity index (χ2n) is 7.16. The van der Waals surface area contributed by atoms with Gasteiger partial charge in [0.25, 0.3) is 0 Å². The van der Waals surface area contributed by atoms with Gasteiger partial charge in [-0.25, -0.2) is 12.8 Å². The minimum absolute atomic E-state index is 0. The highest BCUT2D eigenvalue weighted by Gasteiger charge is 2.36. The Hall–Kier alpha value is -1.51. The van der Waals surface area contributed by atoms with Crippen molar-refractivity contribution in [3.8, 4) is 0 Å². The van der Waals surface area contributed by atoms with E-state index in [1.54, 1.807) is 0 Å². The zero-order valence-electron chi connectivity index (χ0n) is 15.0. The smallest absolute Gasteiger partial charge is 0.238 e. The Balaban J connectivity index is 0.00000338. The molecule has 2 N–H and O–H groups in total. The molecule has 146 valence electrons. The fourth-order valence-electron chi connectivity index (χ4n) is 2.90. The number of Topliss-reactive ketones (excluding diaryl/α,β-unsaturated/α-hetero) is 1. The van der Waals surface area contributed by atoms with Gasteiger partial charge in [-0.05, 0) is 37.0 Å². The lowest BCUT2D eigenvalue weighted by Crippen LogP contribution is -2.54. The summed E-state index contributed by atoms with van der Waals surface area (Å²) in [5.41, 5.74) is 5.54. The molecule has 1 unspecified atom stereocenters. The van der Waals surface area contributed by atoms with E-state index < -0.39 is 33.1 Å². The fourth-order valence-corrected chi connectivity index (χ4v) is 4.13. The fraction of sp³-hybridized carbons (Fsp3) is 0.529. The number of carbonyl (C=O) groups excluding carboxylic acids is 2. The third kappa shape index (κ3) is 4.81. The molecule has 1 aromatic rings. The molecule has 1 heterocycles. The summed E-state index contributed by atoms with van der Waals surface area (Å²) < 4.78 is 38.7. The van der Waals surface area contributed by atoms with Gasteiger partial charge < -0.3 is 10.6 Å². The second-order valence-corrected chi connectivity index (χ2v) is 9.15. The van der Waals surface area contributed by atoms with Crippen molar-refractivity contribution in [2.75, 3.05) is 18.8 Å². The standard InChI is InChI=1S/C17H23FN2O4S.ClH/c1-11(21)13-5-4-12(8-14(13)18)25(23,24)9-16(22)20-7-6-15(19)17(2,3)10-20;/h4-5,8,15H,6-7,9-10,19H2,1-3H3;1H. The summed E-state index contributed by atoms with van der Waals surface area (Å²) >= 11 is 0. The number of nitrogens with zero attached hydrogens (tertiary/aromatic N) is 1. The summed E-state index contributed by atoms with van der Waals surface area (Å²) in [6, 6.07) is 3.01. The van der Waals surface area contributed by atoms with Gasteiger partial charge in [0.2, 0.25) is 5.91 Å². The molecule has 0 spiro atoms. The van der Waals surface area contributed by atoms with E-state index in [2.05, 4.69) is 0 Å². The molecule has 6 nitrogen and oxygen atoms in total. The third-order valence-electron chi connectivity index (χ3n) is 4.66. The highest BCUT2D eigenvalue weighted by Crippen LogP contribution is 2.28. The molecular weight excluding hydrogens is 383 g/mol. The predicted molar refractivity (Wildman–Crippen MR) is 98.7 cm³/mol. The Morgan fingerprint density at radius 3 is 2.46 bits per heavy atom. The van der Waals surface area contributed by atoms with Gasteiger partial charge in [-0.1, -0.05) is 13.8 Å². The van der Waals surface area contributed by atoms with Crippen molar-refractivity contribution in [1.29, 1.82) is 0 Å². The first kappa shape index (κ1) is 22.5. The molecule has 26 heavy (non-hydrogen) atoms. The molecule has 1 saturated heterocycles. The van der Waals surface area contributed by atoms with Gasteiger partial charge in [0.05, 0.1) is 10.5 Å². The molecular formula is C17H24ClFN2O4S. The number of ketones is 1. The zero-order chi connectivity index (χ0) is 19.0. The minimum Gasteiger partial charge on any atom is -0.341 e. The van der Waals surface area contributed by atoms with Crippen LogP contribution in [0.25, 0.3) is 0 Å². The molecule has 0 saturated carbocycles. The maximum absolute atomic E-state index is 13.9. The van der Waals surface area contributed by atoms with E-state index in [-0.39, 0.29) is 34.3 Å². The first-order chi connectivity index (χ1) is 11.4. The Morgan fingerprint density at radius 2 is 1.96 bits per heavy atom. The maximum Gasteiger partial charge on any atom is 0.238 e. The van der Waals surface area contributed by atoms with Crippen LogP contribution in [0.15, 0.2) is 23.1 Å². The molecule has 0 radical (unpaired) electrons. The number of rotatable bonds is 4. The lowest BCUT2D eigenvalue weighted by atomic mass is 9.80. The van der Waals surface area contributed by atoms with E-state index in [9.17, 15) is 22.4 Å². The van der Waals surface area contributed by atoms with E-state index in [0.717, 1.165) is 18.2 Å². The number of hydrogen-bond acceptors (Lipinski definition) is 5. The van der Waals surface area contributed by atoms with Crippen molar-refractivity contribution in [2.45, 2.75) is 38.1 Å². The van der Waals surface area contributed by atoms with Crippen LogP contribution in [0.5, 0.6) is 0 Å². The average molecular weight is 407 g/mol. The molecule has 9 heteroatoms. The summed E-state index contributed by atoms with van der Waals surface area (Å²) in [7, 11) is -4.00. The predicted octanol–water partition coefficient (Wildman–Crippen LogP) is 1.81. The summed E-state index contributed by atoms with van der Waals surface area (Å²) in [5.74, 6) is -2.68. The van der Waals surface area contributed by atoms with Crippen molar-refractivity contribution in [3.05, 3.63) is 29.6 Å². The van der Waals surface area contributed by atoms with Gasteiger partial charge in [-0.2, -0.15) is 0 Å². The molecule has 1 atom stereocenters. The Kier molecular flexibility index (Phi) is 6.95. The van der Waals surface area contributed by atoms with E-state index in [1.807, 2.05) is 13.8 Å². The van der Waals surface area contributed by atoms with Crippen molar-refractivity contribution >= 4 is 33.9 Å². The first-order valence-corrected chi connectivity index (χ1v) is 9.66. The highest BCUT2D eigenvalue weighted by molar-refractivity contribution is 7.92. The molecule has 1 aliphatic rings. The number of likely N-dealkylation sites (tertiary alicyclic amines) is 1. The maximum atomic E-state index is 13.9. The number of carbonyl (C=O) groups is 2. The van der Waals surface area contributed by atoms with Crippen LogP contribution in [0.3, 0.4) is 0 Å². The second kappa shape index (κ2) is 8.02. The normalized spacial score (nSPS) is 19.6. The van der Waals surface area contributed by atoms with Gasteiger partial charge in [-0.15, -0.1) is 12.4 Å². The molecule has 2 rings (SSSR count). The van der Waals surface area contributed by atoms with Crippen LogP contribution in [0, 0.1) is 11.2 Å². The summed E-state index contributed by atoms with van der Waals surface area (Å²) in [5, 5.41) is 0. The molecule has 1 aromatic carbocycles. The molecule has 0 aromatic heterocycles. The van der Waals surface area contributed by atoms with Crippen LogP contribution >= 0.6 is 12.4 Å². The van der Waals surface area contributed by atoms with Crippen LogP contribution in [0.4, 0.5) is 4.39 Å². The van der Waals surface area contributed by atoms with Crippen molar-refractivity contribution in [1.82, 2.24) is 4.90 Å². The van der Waals surface area contributed by atoms with E-state index in [4.69, 9.17) is 5.73 Å². The van der Waals surface area contributed by atoms with Crippen molar-refractivity contribution in [2.24, 2.45) is 11.1 Å². The van der Waals surface area contributed by atoms with Gasteiger partial charge in [0.15, 0.2) is 15.6 Å². The number of hydrogen-bond donors (Lipinski definition) is 1. The van der Waals surface area contributed by atoms with Crippen LogP contribution in [-0.4, -0.2) is 49.9 Å². The monoisotopic (exact) mass is 406 g/mol. The quantitative estimate of drug-likeness (QED) is 0.769. The molecule has 1 amide bonds. The lowest BCUT2D eigenvalue weighted by Gasteiger charge is -2.42. The summed E-state index contributed by atoms with van der Waals surface area (Å²) in [6.45, 7) is 5.83. The highest BCUT2D eigenvalue weighted by atomic mass is 35.5. The number of nitrogens with two attached hydrogens (primary N) is 1. The van der Waals surface area contributed by atoms with Crippen molar-refractivity contribution < 1.29 is 22.4 Å². The van der Waals surface area contributed by atoms with Crippen molar-refractivity contribution in [3.63, 3.8) is 0 Å². The largest absolute Gasteiger partial charge is 0.341 e. The lowest BCUT2D eigenvalue weighted by molar-refractivity contribution is -0.131. The SMILES string of the molecule is CC(=O)c1ccc(S(=O)(=O)CC(=O)N2CCC(N)C(C)(C)C2)cc1F.Cl. The summed E-state index contributed by atoms with van der Waals surface area (Å²) in [4.78, 5) is 24.8. The van der Waals surface area contributed by atoms with Gasteiger partial charge >= 0.3 is 0 Å². The minimum atomic E-state index is -4.00. The van der Waals surface area contributed by atoms with Crippen LogP contribution in [-0.2, 0) is 14.6 Å². The topological polar surface area (TPSA) is 97.5 Å². The average Bonchev–Trinajstić information content (AvgIpc) is 2.48. The molecule has 1 aliphatic heterocycles. The number of sulfone groups is 1. The van der Waals surface area contributed by atoms with Gasteiger partial charge in [0, 0.05) is 19.1 Å². The van der Waals surface area contributed by atoms with Crippen LogP contribution < -0.4 is 5.73 Å². The van der Waals surface area contributed by atoms with Crippen LogP contribution in [0.1, 0.15) is 37.6 Å². The summed E-state index contributed by atoms with van der Waals surface area (Å²) in [6.07, 6.45) is 0.598. The first-order valence-electron chi connectivity index (χ1n) is 8.00. The Labute approximate surface area is 159 Å². The molecule has 0 bridgehead atoms. The molecule has 0 aliphatic carbocycles. The zero-order valence-corrected chi connectivity index (χ0v) is 16.6. The Morgan fingerprint density at radius 1 is 1.35 bits per heavy atom. The third-order valence-corrected chi connectivity index (χ3v) is 6.26.